The Hall–Kier alpha value is -0.850. The highest BCUT2D eigenvalue weighted by Crippen LogP contribution is 2.20. The van der Waals surface area contributed by atoms with Crippen molar-refractivity contribution in [2.45, 2.75) is 51.4 Å². The normalized spacial score (nSPS) is 25.1. The molecule has 0 aromatic rings. The van der Waals surface area contributed by atoms with E-state index < -0.39 is 5.60 Å². The maximum Gasteiger partial charge on any atom is 0.410 e. The Labute approximate surface area is 108 Å². The first-order valence-corrected chi connectivity index (χ1v) is 6.29. The van der Waals surface area contributed by atoms with Gasteiger partial charge in [0.15, 0.2) is 0 Å². The molecule has 6 heteroatoms. The molecule has 0 saturated carbocycles. The number of aliphatic hydroxyl groups excluding tert-OH is 1. The first-order valence-electron chi connectivity index (χ1n) is 6.29. The van der Waals surface area contributed by atoms with Gasteiger partial charge in [-0.2, -0.15) is 0 Å². The van der Waals surface area contributed by atoms with Crippen molar-refractivity contribution in [3.05, 3.63) is 0 Å². The molecule has 0 radical (unpaired) electrons. The highest BCUT2D eigenvalue weighted by Gasteiger charge is 2.33. The van der Waals surface area contributed by atoms with E-state index in [2.05, 4.69) is 5.48 Å². The second kappa shape index (κ2) is 6.36. The monoisotopic (exact) mass is 260 g/mol. The number of piperidine rings is 1. The number of nitrogens with zero attached hydrogens (tertiary/aromatic N) is 1. The lowest BCUT2D eigenvalue weighted by atomic mass is 10.0. The quantitative estimate of drug-likeness (QED) is 0.738. The van der Waals surface area contributed by atoms with Crippen LogP contribution in [-0.4, -0.2) is 54.0 Å². The van der Waals surface area contributed by atoms with Crippen molar-refractivity contribution in [3.8, 4) is 0 Å². The number of aliphatic hydroxyl groups is 1. The van der Waals surface area contributed by atoms with Crippen molar-refractivity contribution >= 4 is 6.09 Å². The molecular weight excluding hydrogens is 236 g/mol. The summed E-state index contributed by atoms with van der Waals surface area (Å²) in [6, 6.07) is -0.156. The van der Waals surface area contributed by atoms with E-state index in [1.807, 2.05) is 20.8 Å². The van der Waals surface area contributed by atoms with Gasteiger partial charge in [-0.3, -0.25) is 4.84 Å². The van der Waals surface area contributed by atoms with Gasteiger partial charge in [0.2, 0.25) is 0 Å². The summed E-state index contributed by atoms with van der Waals surface area (Å²) in [7, 11) is 1.66. The third-order valence-electron chi connectivity index (χ3n) is 2.74. The molecule has 1 fully saturated rings. The van der Waals surface area contributed by atoms with E-state index in [1.165, 1.54) is 0 Å². The summed E-state index contributed by atoms with van der Waals surface area (Å²) in [6.07, 6.45) is 0.365. The zero-order valence-electron chi connectivity index (χ0n) is 11.6. The van der Waals surface area contributed by atoms with Crippen LogP contribution in [0.1, 0.15) is 33.6 Å². The molecule has 2 atom stereocenters. The maximum atomic E-state index is 12.0. The molecule has 1 saturated heterocycles. The summed E-state index contributed by atoms with van der Waals surface area (Å²) < 4.78 is 5.35. The standard InChI is InChI=1S/C12H24N2O4/c1-12(2,3)18-11(16)14-6-5-10(15)7-9(14)8-17-13-4/h9-10,13,15H,5-8H2,1-4H3. The van der Waals surface area contributed by atoms with Gasteiger partial charge in [0.25, 0.3) is 0 Å². The highest BCUT2D eigenvalue weighted by atomic mass is 16.6. The van der Waals surface area contributed by atoms with E-state index in [0.717, 1.165) is 0 Å². The number of ether oxygens (including phenoxy) is 1. The Morgan fingerprint density at radius 3 is 2.72 bits per heavy atom. The molecule has 1 amide bonds. The van der Waals surface area contributed by atoms with E-state index in [9.17, 15) is 9.90 Å². The van der Waals surface area contributed by atoms with Crippen LogP contribution in [-0.2, 0) is 9.57 Å². The Morgan fingerprint density at radius 1 is 1.50 bits per heavy atom. The van der Waals surface area contributed by atoms with Crippen molar-refractivity contribution < 1.29 is 19.5 Å². The van der Waals surface area contributed by atoms with Crippen molar-refractivity contribution in [3.63, 3.8) is 0 Å². The number of carbonyl (C=O) groups is 1. The zero-order chi connectivity index (χ0) is 13.8. The first-order chi connectivity index (χ1) is 8.33. The molecule has 106 valence electrons. The van der Waals surface area contributed by atoms with Crippen molar-refractivity contribution in [2.24, 2.45) is 0 Å². The van der Waals surface area contributed by atoms with E-state index in [1.54, 1.807) is 11.9 Å². The molecule has 0 aromatic carbocycles. The molecule has 0 aromatic heterocycles. The summed E-state index contributed by atoms with van der Waals surface area (Å²) >= 11 is 0. The third-order valence-corrected chi connectivity index (χ3v) is 2.74. The van der Waals surface area contributed by atoms with Crippen LogP contribution in [0.15, 0.2) is 0 Å². The van der Waals surface area contributed by atoms with Gasteiger partial charge in [0.05, 0.1) is 18.8 Å². The Morgan fingerprint density at radius 2 is 2.17 bits per heavy atom. The SMILES string of the molecule is CNOCC1CC(O)CCN1C(=O)OC(C)(C)C. The molecular formula is C12H24N2O4. The summed E-state index contributed by atoms with van der Waals surface area (Å²) in [5, 5.41) is 9.66. The van der Waals surface area contributed by atoms with Gasteiger partial charge in [-0.05, 0) is 33.6 Å². The first kappa shape index (κ1) is 15.2. The lowest BCUT2D eigenvalue weighted by molar-refractivity contribution is -0.0435. The second-order valence-corrected chi connectivity index (χ2v) is 5.52. The third kappa shape index (κ3) is 4.80. The lowest BCUT2D eigenvalue weighted by Gasteiger charge is -2.38. The van der Waals surface area contributed by atoms with Crippen molar-refractivity contribution in [1.82, 2.24) is 10.4 Å². The molecule has 18 heavy (non-hydrogen) atoms. The number of hydrogen-bond donors (Lipinski definition) is 2. The van der Waals surface area contributed by atoms with E-state index in [4.69, 9.17) is 9.57 Å². The Kier molecular flexibility index (Phi) is 5.37. The van der Waals surface area contributed by atoms with Gasteiger partial charge in [-0.1, -0.05) is 0 Å². The molecule has 0 spiro atoms. The molecule has 0 aliphatic carbocycles. The predicted octanol–water partition coefficient (Wildman–Crippen LogP) is 0.898. The number of nitrogens with one attached hydrogen (secondary N) is 1. The van der Waals surface area contributed by atoms with Crippen molar-refractivity contribution in [1.29, 1.82) is 0 Å². The minimum Gasteiger partial charge on any atom is -0.444 e. The smallest absolute Gasteiger partial charge is 0.410 e. The number of carbonyl (C=O) groups excluding carboxylic acids is 1. The summed E-state index contributed by atoms with van der Waals surface area (Å²) in [4.78, 5) is 18.8. The van der Waals surface area contributed by atoms with Crippen LogP contribution in [0.5, 0.6) is 0 Å². The fraction of sp³-hybridized carbons (Fsp3) is 0.917. The van der Waals surface area contributed by atoms with Gasteiger partial charge in [-0.15, -0.1) is 0 Å². The van der Waals surface area contributed by atoms with E-state index in [0.29, 0.717) is 26.0 Å². The van der Waals surface area contributed by atoms with Crippen LogP contribution in [0.2, 0.25) is 0 Å². The molecule has 1 aliphatic heterocycles. The zero-order valence-corrected chi connectivity index (χ0v) is 11.6. The Balaban J connectivity index is 2.61. The summed E-state index contributed by atoms with van der Waals surface area (Å²) in [5.41, 5.74) is 2.06. The average Bonchev–Trinajstić information content (AvgIpc) is 2.23. The van der Waals surface area contributed by atoms with Crippen LogP contribution in [0, 0.1) is 0 Å². The van der Waals surface area contributed by atoms with E-state index in [-0.39, 0.29) is 18.2 Å². The number of rotatable bonds is 3. The lowest BCUT2D eigenvalue weighted by Crippen LogP contribution is -2.51. The van der Waals surface area contributed by atoms with Crippen LogP contribution < -0.4 is 5.48 Å². The maximum absolute atomic E-state index is 12.0. The molecule has 1 aliphatic rings. The minimum atomic E-state index is -0.512. The van der Waals surface area contributed by atoms with Gasteiger partial charge in [0.1, 0.15) is 5.60 Å². The van der Waals surface area contributed by atoms with Gasteiger partial charge in [-0.25, -0.2) is 10.3 Å². The molecule has 6 nitrogen and oxygen atoms in total. The summed E-state index contributed by atoms with van der Waals surface area (Å²) in [6.45, 7) is 6.34. The number of hydroxylamine groups is 1. The largest absolute Gasteiger partial charge is 0.444 e. The van der Waals surface area contributed by atoms with Crippen LogP contribution in [0.3, 0.4) is 0 Å². The van der Waals surface area contributed by atoms with Gasteiger partial charge >= 0.3 is 6.09 Å². The van der Waals surface area contributed by atoms with Crippen LogP contribution >= 0.6 is 0 Å². The van der Waals surface area contributed by atoms with E-state index >= 15 is 0 Å². The Bertz CT molecular complexity index is 278. The average molecular weight is 260 g/mol. The highest BCUT2D eigenvalue weighted by molar-refractivity contribution is 5.68. The minimum absolute atomic E-state index is 0.156. The van der Waals surface area contributed by atoms with Crippen LogP contribution in [0.25, 0.3) is 0 Å². The second-order valence-electron chi connectivity index (χ2n) is 5.52. The number of hydrogen-bond acceptors (Lipinski definition) is 5. The van der Waals surface area contributed by atoms with Gasteiger partial charge in [0, 0.05) is 13.6 Å². The molecule has 2 N–H and O–H groups in total. The van der Waals surface area contributed by atoms with Gasteiger partial charge < -0.3 is 14.7 Å². The topological polar surface area (TPSA) is 71.0 Å². The van der Waals surface area contributed by atoms with Crippen LogP contribution in [0.4, 0.5) is 4.79 Å². The predicted molar refractivity (Wildman–Crippen MR) is 67.0 cm³/mol. The molecule has 1 heterocycles. The number of likely N-dealkylation sites (tertiary alicyclic amines) is 1. The molecule has 1 rings (SSSR count). The fourth-order valence-electron chi connectivity index (χ4n) is 1.93. The molecule has 0 bridgehead atoms. The fourth-order valence-corrected chi connectivity index (χ4v) is 1.93. The van der Waals surface area contributed by atoms with Crippen molar-refractivity contribution in [2.75, 3.05) is 20.2 Å². The number of amides is 1. The molecule has 2 unspecified atom stereocenters. The summed E-state index contributed by atoms with van der Waals surface area (Å²) in [5.74, 6) is 0.